The highest BCUT2D eigenvalue weighted by atomic mass is 16.1. The van der Waals surface area contributed by atoms with Crippen molar-refractivity contribution in [1.29, 1.82) is 0 Å². The molecule has 0 saturated heterocycles. The average Bonchev–Trinajstić information content (AvgIpc) is 2.69. The van der Waals surface area contributed by atoms with Gasteiger partial charge in [0.05, 0.1) is 0 Å². The molecule has 0 heterocycles. The molecule has 130 valence electrons. The first-order valence-electron chi connectivity index (χ1n) is 9.26. The molecule has 0 aromatic heterocycles. The summed E-state index contributed by atoms with van der Waals surface area (Å²) in [6.07, 6.45) is 3.52. The molecule has 4 rings (SSSR count). The maximum absolute atomic E-state index is 12.6. The van der Waals surface area contributed by atoms with Crippen LogP contribution in [0, 0.1) is 0 Å². The number of hydrogen-bond donors (Lipinski definition) is 1. The minimum atomic E-state index is 0.00631. The molecule has 2 heteroatoms. The molecule has 1 fully saturated rings. The second kappa shape index (κ2) is 7.17. The van der Waals surface area contributed by atoms with Crippen molar-refractivity contribution in [3.63, 3.8) is 0 Å². The Labute approximate surface area is 154 Å². The van der Waals surface area contributed by atoms with E-state index in [0.717, 1.165) is 24.0 Å². The van der Waals surface area contributed by atoms with Gasteiger partial charge in [0.2, 0.25) is 0 Å². The first-order valence-corrected chi connectivity index (χ1v) is 9.26. The number of hydrogen-bond acceptors (Lipinski definition) is 1. The highest BCUT2D eigenvalue weighted by Gasteiger charge is 2.38. The molecule has 1 aliphatic rings. The third-order valence-electron chi connectivity index (χ3n) is 5.54. The highest BCUT2D eigenvalue weighted by molar-refractivity contribution is 5.94. The van der Waals surface area contributed by atoms with Crippen LogP contribution in [0.15, 0.2) is 84.9 Å². The molecular weight excluding hydrogens is 318 g/mol. The van der Waals surface area contributed by atoms with Crippen molar-refractivity contribution in [2.75, 3.05) is 6.54 Å². The van der Waals surface area contributed by atoms with E-state index in [4.69, 9.17) is 0 Å². The second-order valence-electron chi connectivity index (χ2n) is 7.13. The van der Waals surface area contributed by atoms with E-state index < -0.39 is 0 Å². The summed E-state index contributed by atoms with van der Waals surface area (Å²) in [6.45, 7) is 0.705. The largest absolute Gasteiger partial charge is 0.351 e. The molecule has 1 aliphatic carbocycles. The van der Waals surface area contributed by atoms with Gasteiger partial charge in [-0.15, -0.1) is 0 Å². The predicted octanol–water partition coefficient (Wildman–Crippen LogP) is 5.21. The van der Waals surface area contributed by atoms with Gasteiger partial charge in [-0.05, 0) is 41.7 Å². The Hall–Kier alpha value is -2.87. The smallest absolute Gasteiger partial charge is 0.251 e. The molecule has 26 heavy (non-hydrogen) atoms. The molecule has 3 aromatic rings. The first-order chi connectivity index (χ1) is 12.8. The maximum atomic E-state index is 12.6. The van der Waals surface area contributed by atoms with Gasteiger partial charge >= 0.3 is 0 Å². The predicted molar refractivity (Wildman–Crippen MR) is 106 cm³/mol. The van der Waals surface area contributed by atoms with Crippen LogP contribution >= 0.6 is 0 Å². The van der Waals surface area contributed by atoms with E-state index in [1.807, 2.05) is 48.5 Å². The molecule has 2 nitrogen and oxygen atoms in total. The molecule has 3 aromatic carbocycles. The first kappa shape index (κ1) is 16.6. The maximum Gasteiger partial charge on any atom is 0.251 e. The number of amides is 1. The van der Waals surface area contributed by atoms with Crippen LogP contribution in [0.2, 0.25) is 0 Å². The van der Waals surface area contributed by atoms with Crippen LogP contribution < -0.4 is 5.32 Å². The summed E-state index contributed by atoms with van der Waals surface area (Å²) in [4.78, 5) is 12.6. The standard InChI is InChI=1S/C24H23NO/c26-23(21-14-12-20(13-15-21)19-8-3-1-4-9-19)25-18-24(16-7-17-24)22-10-5-2-6-11-22/h1-6,8-15H,7,16-18H2,(H,25,26). The fourth-order valence-corrected chi connectivity index (χ4v) is 3.76. The lowest BCUT2D eigenvalue weighted by atomic mass is 9.64. The average molecular weight is 341 g/mol. The van der Waals surface area contributed by atoms with Crippen molar-refractivity contribution >= 4 is 5.91 Å². The number of carbonyl (C=O) groups excluding carboxylic acids is 1. The molecule has 0 unspecified atom stereocenters. The Morgan fingerprint density at radius 2 is 1.35 bits per heavy atom. The van der Waals surface area contributed by atoms with Crippen molar-refractivity contribution in [1.82, 2.24) is 5.32 Å². The number of rotatable bonds is 5. The fraction of sp³-hybridized carbons (Fsp3) is 0.208. The van der Waals surface area contributed by atoms with E-state index in [0.29, 0.717) is 12.1 Å². The van der Waals surface area contributed by atoms with Gasteiger partial charge in [-0.2, -0.15) is 0 Å². The topological polar surface area (TPSA) is 29.1 Å². The zero-order valence-corrected chi connectivity index (χ0v) is 14.8. The lowest BCUT2D eigenvalue weighted by molar-refractivity contribution is 0.0928. The molecule has 0 bridgehead atoms. The van der Waals surface area contributed by atoms with Crippen LogP contribution in [0.5, 0.6) is 0 Å². The third kappa shape index (κ3) is 3.28. The van der Waals surface area contributed by atoms with E-state index in [2.05, 4.69) is 41.7 Å². The summed E-state index contributed by atoms with van der Waals surface area (Å²) in [5.41, 5.74) is 4.46. The van der Waals surface area contributed by atoms with E-state index in [1.165, 1.54) is 12.0 Å². The van der Waals surface area contributed by atoms with Gasteiger partial charge in [-0.25, -0.2) is 0 Å². The van der Waals surface area contributed by atoms with Crippen molar-refractivity contribution in [2.45, 2.75) is 24.7 Å². The Morgan fingerprint density at radius 1 is 0.769 bits per heavy atom. The quantitative estimate of drug-likeness (QED) is 0.678. The van der Waals surface area contributed by atoms with Crippen molar-refractivity contribution in [3.05, 3.63) is 96.1 Å². The van der Waals surface area contributed by atoms with Gasteiger partial charge < -0.3 is 5.32 Å². The summed E-state index contributed by atoms with van der Waals surface area (Å²) in [5.74, 6) is 0.00631. The van der Waals surface area contributed by atoms with Crippen LogP contribution in [0.4, 0.5) is 0 Å². The second-order valence-corrected chi connectivity index (χ2v) is 7.13. The van der Waals surface area contributed by atoms with Gasteiger partial charge in [0, 0.05) is 17.5 Å². The summed E-state index contributed by atoms with van der Waals surface area (Å²) < 4.78 is 0. The Kier molecular flexibility index (Phi) is 4.57. The van der Waals surface area contributed by atoms with Gasteiger partial charge in [0.15, 0.2) is 0 Å². The summed E-state index contributed by atoms with van der Waals surface area (Å²) in [5, 5.41) is 3.16. The van der Waals surface area contributed by atoms with E-state index in [1.54, 1.807) is 0 Å². The normalized spacial score (nSPS) is 15.1. The van der Waals surface area contributed by atoms with Crippen molar-refractivity contribution in [3.8, 4) is 11.1 Å². The molecule has 0 atom stereocenters. The van der Waals surface area contributed by atoms with Gasteiger partial charge in [-0.3, -0.25) is 4.79 Å². The molecule has 0 radical (unpaired) electrons. The summed E-state index contributed by atoms with van der Waals surface area (Å²) >= 11 is 0. The van der Waals surface area contributed by atoms with Crippen LogP contribution in [0.25, 0.3) is 11.1 Å². The van der Waals surface area contributed by atoms with Crippen molar-refractivity contribution in [2.24, 2.45) is 0 Å². The van der Waals surface area contributed by atoms with Gasteiger partial charge in [0.25, 0.3) is 5.91 Å². The number of benzene rings is 3. The molecular formula is C24H23NO. The number of carbonyl (C=O) groups is 1. The molecule has 1 amide bonds. The lowest BCUT2D eigenvalue weighted by Crippen LogP contribution is -2.45. The minimum Gasteiger partial charge on any atom is -0.351 e. The van der Waals surface area contributed by atoms with Crippen LogP contribution in [-0.2, 0) is 5.41 Å². The zero-order valence-electron chi connectivity index (χ0n) is 14.8. The zero-order chi connectivity index (χ0) is 17.8. The Balaban J connectivity index is 1.44. The van der Waals surface area contributed by atoms with E-state index in [-0.39, 0.29) is 11.3 Å². The van der Waals surface area contributed by atoms with E-state index >= 15 is 0 Å². The summed E-state index contributed by atoms with van der Waals surface area (Å²) in [6, 6.07) is 28.6. The number of nitrogens with one attached hydrogen (secondary N) is 1. The minimum absolute atomic E-state index is 0.00631. The van der Waals surface area contributed by atoms with Crippen molar-refractivity contribution < 1.29 is 4.79 Å². The van der Waals surface area contributed by atoms with Crippen LogP contribution in [0.1, 0.15) is 35.2 Å². The van der Waals surface area contributed by atoms with Crippen LogP contribution in [-0.4, -0.2) is 12.5 Å². The SMILES string of the molecule is O=C(NCC1(c2ccccc2)CCC1)c1ccc(-c2ccccc2)cc1. The molecule has 1 N–H and O–H groups in total. The van der Waals surface area contributed by atoms with Gasteiger partial charge in [0.1, 0.15) is 0 Å². The molecule has 1 saturated carbocycles. The molecule has 0 aliphatic heterocycles. The lowest BCUT2D eigenvalue weighted by Gasteiger charge is -2.42. The fourth-order valence-electron chi connectivity index (χ4n) is 3.76. The van der Waals surface area contributed by atoms with E-state index in [9.17, 15) is 4.79 Å². The summed E-state index contributed by atoms with van der Waals surface area (Å²) in [7, 11) is 0. The highest BCUT2D eigenvalue weighted by Crippen LogP contribution is 2.43. The van der Waals surface area contributed by atoms with Crippen LogP contribution in [0.3, 0.4) is 0 Å². The van der Waals surface area contributed by atoms with Gasteiger partial charge in [-0.1, -0.05) is 79.2 Å². The monoisotopic (exact) mass is 341 g/mol. The third-order valence-corrected chi connectivity index (χ3v) is 5.54. The molecule has 0 spiro atoms. The Morgan fingerprint density at radius 3 is 1.92 bits per heavy atom. The Bertz CT molecular complexity index is 865.